The van der Waals surface area contributed by atoms with Gasteiger partial charge < -0.3 is 20.1 Å². The second-order valence-electron chi connectivity index (χ2n) is 5.82. The largest absolute Gasteiger partial charge is 0.466 e. The summed E-state index contributed by atoms with van der Waals surface area (Å²) in [5, 5.41) is 18.6. The van der Waals surface area contributed by atoms with E-state index in [1.54, 1.807) is 24.3 Å². The predicted octanol–water partition coefficient (Wildman–Crippen LogP) is 0.168. The lowest BCUT2D eigenvalue weighted by Crippen LogP contribution is -2.31. The first kappa shape index (κ1) is 19.5. The second-order valence-corrected chi connectivity index (χ2v) is 6.23. The maximum atomic E-state index is 12.7. The Labute approximate surface area is 163 Å². The molecule has 2 aromatic rings. The van der Waals surface area contributed by atoms with Gasteiger partial charge in [0.2, 0.25) is 0 Å². The first-order valence-corrected chi connectivity index (χ1v) is 8.64. The molecule has 0 atom stereocenters. The smallest absolute Gasteiger partial charge is 0.337 e. The first-order chi connectivity index (χ1) is 13.5. The first-order valence-electron chi connectivity index (χ1n) is 8.23. The number of nitrogens with one attached hydrogen (secondary N) is 3. The number of carbonyl (C=O) groups is 2. The van der Waals surface area contributed by atoms with E-state index in [0.717, 1.165) is 0 Å². The van der Waals surface area contributed by atoms with Crippen molar-refractivity contribution >= 4 is 29.8 Å². The van der Waals surface area contributed by atoms with Crippen LogP contribution in [0.5, 0.6) is 0 Å². The number of nitrogens with zero attached hydrogens (tertiary/aromatic N) is 2. The van der Waals surface area contributed by atoms with Gasteiger partial charge in [-0.15, -0.1) is 0 Å². The standard InChI is InChI=1S/C17H17N5O5S/c1-27-16(26)10-8-22(6-7-23)15(25)13(10)18-11-5-3-2-4-9(11)12-14(24)19-17(28)21-20-12/h2-5,18,23H,6-8H2,1H3,(H2,19,21,24,28). The number of rotatable bonds is 6. The number of β-amino-alcohol motifs (C(OH)–C–C–N with tert-alkyl or cyclic N) is 1. The quantitative estimate of drug-likeness (QED) is 0.395. The number of aromatic amines is 2. The normalized spacial score (nSPS) is 13.8. The average molecular weight is 403 g/mol. The fourth-order valence-electron chi connectivity index (χ4n) is 2.81. The van der Waals surface area contributed by atoms with Crippen molar-refractivity contribution in [3.8, 4) is 11.3 Å². The van der Waals surface area contributed by atoms with Gasteiger partial charge in [-0.2, -0.15) is 5.10 Å². The zero-order chi connectivity index (χ0) is 20.3. The van der Waals surface area contributed by atoms with Gasteiger partial charge in [-0.25, -0.2) is 4.79 Å². The van der Waals surface area contributed by atoms with Crippen LogP contribution >= 0.6 is 12.2 Å². The van der Waals surface area contributed by atoms with Crippen molar-refractivity contribution < 1.29 is 19.4 Å². The van der Waals surface area contributed by atoms with E-state index in [9.17, 15) is 14.4 Å². The Morgan fingerprint density at radius 3 is 2.82 bits per heavy atom. The van der Waals surface area contributed by atoms with Gasteiger partial charge in [0, 0.05) is 17.8 Å². The molecule has 0 aliphatic carbocycles. The summed E-state index contributed by atoms with van der Waals surface area (Å²) in [5.74, 6) is -1.12. The van der Waals surface area contributed by atoms with E-state index in [0.29, 0.717) is 11.3 Å². The fraction of sp³-hybridized carbons (Fsp3) is 0.235. The van der Waals surface area contributed by atoms with Crippen LogP contribution in [-0.2, 0) is 14.3 Å². The Morgan fingerprint density at radius 2 is 2.14 bits per heavy atom. The van der Waals surface area contributed by atoms with Gasteiger partial charge in [-0.3, -0.25) is 19.7 Å². The molecule has 10 nitrogen and oxygen atoms in total. The van der Waals surface area contributed by atoms with Crippen LogP contribution in [0.3, 0.4) is 0 Å². The number of benzene rings is 1. The number of hydrogen-bond acceptors (Lipinski definition) is 8. The number of para-hydroxylation sites is 1. The summed E-state index contributed by atoms with van der Waals surface area (Å²) in [6.45, 7) is -0.164. The molecule has 0 radical (unpaired) electrons. The van der Waals surface area contributed by atoms with E-state index in [1.165, 1.54) is 12.0 Å². The molecule has 1 amide bonds. The monoisotopic (exact) mass is 403 g/mol. The zero-order valence-corrected chi connectivity index (χ0v) is 15.6. The fourth-order valence-corrected chi connectivity index (χ4v) is 2.95. The molecule has 0 bridgehead atoms. The van der Waals surface area contributed by atoms with Gasteiger partial charge >= 0.3 is 5.97 Å². The summed E-state index contributed by atoms with van der Waals surface area (Å²) < 4.78 is 4.85. The number of carbonyl (C=O) groups excluding carboxylic acids is 2. The maximum Gasteiger partial charge on any atom is 0.337 e. The summed E-state index contributed by atoms with van der Waals surface area (Å²) in [5.41, 5.74) is 0.509. The summed E-state index contributed by atoms with van der Waals surface area (Å²) in [6.07, 6.45) is 0. The Balaban J connectivity index is 2.05. The van der Waals surface area contributed by atoms with Crippen LogP contribution in [0.4, 0.5) is 5.69 Å². The lowest BCUT2D eigenvalue weighted by molar-refractivity contribution is -0.136. The van der Waals surface area contributed by atoms with Crippen LogP contribution < -0.4 is 10.9 Å². The number of methoxy groups -OCH3 is 1. The van der Waals surface area contributed by atoms with E-state index < -0.39 is 17.4 Å². The minimum atomic E-state index is -0.659. The number of amides is 1. The van der Waals surface area contributed by atoms with Crippen LogP contribution in [0.25, 0.3) is 11.3 Å². The highest BCUT2D eigenvalue weighted by Crippen LogP contribution is 2.28. The zero-order valence-electron chi connectivity index (χ0n) is 14.8. The molecule has 0 unspecified atom stereocenters. The summed E-state index contributed by atoms with van der Waals surface area (Å²) in [7, 11) is 1.22. The number of aliphatic hydroxyl groups excluding tert-OH is 1. The number of aliphatic hydroxyl groups is 1. The molecule has 0 spiro atoms. The van der Waals surface area contributed by atoms with Crippen LogP contribution in [0.2, 0.25) is 0 Å². The third-order valence-electron chi connectivity index (χ3n) is 4.11. The highest BCUT2D eigenvalue weighted by molar-refractivity contribution is 7.71. The average Bonchev–Trinajstić information content (AvgIpc) is 2.98. The predicted molar refractivity (Wildman–Crippen MR) is 102 cm³/mol. The van der Waals surface area contributed by atoms with Crippen molar-refractivity contribution in [3.05, 3.63) is 50.7 Å². The molecule has 11 heteroatoms. The van der Waals surface area contributed by atoms with E-state index in [1.807, 2.05) is 0 Å². The molecule has 28 heavy (non-hydrogen) atoms. The van der Waals surface area contributed by atoms with Crippen LogP contribution in [0, 0.1) is 4.77 Å². The molecule has 0 fully saturated rings. The van der Waals surface area contributed by atoms with E-state index in [2.05, 4.69) is 20.5 Å². The van der Waals surface area contributed by atoms with Crippen molar-refractivity contribution in [2.45, 2.75) is 0 Å². The van der Waals surface area contributed by atoms with Gasteiger partial charge in [0.25, 0.3) is 11.5 Å². The number of H-pyrrole nitrogens is 2. The molecule has 0 saturated carbocycles. The Bertz CT molecular complexity index is 1070. The van der Waals surface area contributed by atoms with Gasteiger partial charge in [0.15, 0.2) is 10.5 Å². The second kappa shape index (κ2) is 8.15. The van der Waals surface area contributed by atoms with Crippen LogP contribution in [-0.4, -0.2) is 63.9 Å². The van der Waals surface area contributed by atoms with Gasteiger partial charge in [-0.05, 0) is 18.3 Å². The number of hydrogen-bond donors (Lipinski definition) is 4. The molecule has 1 aliphatic heterocycles. The van der Waals surface area contributed by atoms with E-state index in [4.69, 9.17) is 22.1 Å². The highest BCUT2D eigenvalue weighted by atomic mass is 32.1. The minimum Gasteiger partial charge on any atom is -0.466 e. The maximum absolute atomic E-state index is 12.7. The van der Waals surface area contributed by atoms with Crippen molar-refractivity contribution in [1.82, 2.24) is 20.1 Å². The van der Waals surface area contributed by atoms with Crippen LogP contribution in [0.15, 0.2) is 40.3 Å². The third kappa shape index (κ3) is 3.70. The van der Waals surface area contributed by atoms with Crippen molar-refractivity contribution in [1.29, 1.82) is 0 Å². The SMILES string of the molecule is COC(=O)C1=C(Nc2ccccc2-c2n[nH]c(=S)[nH]c2=O)C(=O)N(CCO)C1. The van der Waals surface area contributed by atoms with Gasteiger partial charge in [-0.1, -0.05) is 18.2 Å². The lowest BCUT2D eigenvalue weighted by atomic mass is 10.1. The van der Waals surface area contributed by atoms with Gasteiger partial charge in [0.1, 0.15) is 5.70 Å². The molecule has 1 aliphatic rings. The Hall–Kier alpha value is -3.31. The topological polar surface area (TPSA) is 140 Å². The van der Waals surface area contributed by atoms with Crippen molar-refractivity contribution in [2.24, 2.45) is 0 Å². The van der Waals surface area contributed by atoms with Crippen molar-refractivity contribution in [3.63, 3.8) is 0 Å². The molecular weight excluding hydrogens is 386 g/mol. The molecule has 1 aromatic heterocycles. The van der Waals surface area contributed by atoms with Gasteiger partial charge in [0.05, 0.1) is 25.8 Å². The Morgan fingerprint density at radius 1 is 1.39 bits per heavy atom. The lowest BCUT2D eigenvalue weighted by Gasteiger charge is -2.15. The molecule has 1 aromatic carbocycles. The molecule has 146 valence electrons. The van der Waals surface area contributed by atoms with Crippen LogP contribution in [0.1, 0.15) is 0 Å². The van der Waals surface area contributed by atoms with E-state index in [-0.39, 0.29) is 41.4 Å². The number of ether oxygens (including phenoxy) is 1. The summed E-state index contributed by atoms with van der Waals surface area (Å²) >= 11 is 4.85. The minimum absolute atomic E-state index is 0.00776. The molecular formula is C17H17N5O5S. The summed E-state index contributed by atoms with van der Waals surface area (Å²) in [6, 6.07) is 6.68. The molecule has 4 N–H and O–H groups in total. The highest BCUT2D eigenvalue weighted by Gasteiger charge is 2.34. The molecule has 0 saturated heterocycles. The van der Waals surface area contributed by atoms with Crippen molar-refractivity contribution in [2.75, 3.05) is 32.1 Å². The number of esters is 1. The third-order valence-corrected chi connectivity index (χ3v) is 4.30. The van der Waals surface area contributed by atoms with E-state index >= 15 is 0 Å². The molecule has 2 heterocycles. The Kier molecular flexibility index (Phi) is 5.66. The number of anilines is 1. The summed E-state index contributed by atoms with van der Waals surface area (Å²) in [4.78, 5) is 40.8. The molecule has 3 rings (SSSR count). The number of aromatic nitrogens is 3.